The lowest BCUT2D eigenvalue weighted by Gasteiger charge is -2.26. The van der Waals surface area contributed by atoms with Gasteiger partial charge in [0.15, 0.2) is 0 Å². The maximum absolute atomic E-state index is 5.83. The highest BCUT2D eigenvalue weighted by molar-refractivity contribution is 4.75. The fourth-order valence-corrected chi connectivity index (χ4v) is 1.81. The van der Waals surface area contributed by atoms with Crippen molar-refractivity contribution in [2.24, 2.45) is 11.7 Å². The van der Waals surface area contributed by atoms with Gasteiger partial charge >= 0.3 is 0 Å². The predicted molar refractivity (Wildman–Crippen MR) is 43.9 cm³/mol. The van der Waals surface area contributed by atoms with Crippen molar-refractivity contribution in [1.82, 2.24) is 5.32 Å². The Morgan fingerprint density at radius 3 is 2.90 bits per heavy atom. The number of nitrogens with two attached hydrogens (primary N) is 1. The van der Waals surface area contributed by atoms with Crippen molar-refractivity contribution in [2.75, 3.05) is 13.6 Å². The van der Waals surface area contributed by atoms with E-state index in [1.165, 1.54) is 25.7 Å². The molecule has 1 aliphatic rings. The maximum atomic E-state index is 5.83. The van der Waals surface area contributed by atoms with Crippen molar-refractivity contribution < 1.29 is 0 Å². The second-order valence-electron chi connectivity index (χ2n) is 3.35. The summed E-state index contributed by atoms with van der Waals surface area (Å²) in [6, 6.07) is 0.479. The molecule has 0 aromatic rings. The van der Waals surface area contributed by atoms with E-state index >= 15 is 0 Å². The second-order valence-corrected chi connectivity index (χ2v) is 3.35. The lowest BCUT2D eigenvalue weighted by molar-refractivity contribution is 0.316. The third-order valence-electron chi connectivity index (χ3n) is 2.32. The van der Waals surface area contributed by atoms with Crippen LogP contribution in [0, 0.1) is 5.92 Å². The zero-order valence-corrected chi connectivity index (χ0v) is 6.77. The largest absolute Gasteiger partial charge is 0.328 e. The zero-order valence-electron chi connectivity index (χ0n) is 6.77. The van der Waals surface area contributed by atoms with E-state index in [0.29, 0.717) is 6.04 Å². The van der Waals surface area contributed by atoms with Crippen LogP contribution in [0.1, 0.15) is 25.7 Å². The van der Waals surface area contributed by atoms with E-state index in [9.17, 15) is 0 Å². The van der Waals surface area contributed by atoms with Gasteiger partial charge in [-0.15, -0.1) is 0 Å². The first kappa shape index (κ1) is 8.02. The molecule has 1 aliphatic carbocycles. The molecule has 0 bridgehead atoms. The zero-order chi connectivity index (χ0) is 7.40. The summed E-state index contributed by atoms with van der Waals surface area (Å²) in [5, 5.41) is 3.20. The molecule has 0 spiro atoms. The van der Waals surface area contributed by atoms with Gasteiger partial charge < -0.3 is 11.1 Å². The molecule has 2 heteroatoms. The fraction of sp³-hybridized carbons (Fsp3) is 1.00. The summed E-state index contributed by atoms with van der Waals surface area (Å²) in [7, 11) is 2.01. The summed E-state index contributed by atoms with van der Waals surface area (Å²) in [5.41, 5.74) is 5.83. The first-order valence-corrected chi connectivity index (χ1v) is 4.23. The number of nitrogens with one attached hydrogen (secondary N) is 1. The summed E-state index contributed by atoms with van der Waals surface area (Å²) in [4.78, 5) is 0. The Kier molecular flexibility index (Phi) is 3.16. The van der Waals surface area contributed by atoms with Crippen molar-refractivity contribution in [1.29, 1.82) is 0 Å². The fourth-order valence-electron chi connectivity index (χ4n) is 1.81. The average Bonchev–Trinajstić information content (AvgIpc) is 1.88. The Balaban J connectivity index is 2.18. The molecule has 0 aromatic carbocycles. The summed E-state index contributed by atoms with van der Waals surface area (Å²) in [6.07, 6.45) is 5.16. The van der Waals surface area contributed by atoms with Gasteiger partial charge in [0, 0.05) is 6.04 Å². The molecule has 0 heterocycles. The van der Waals surface area contributed by atoms with Gasteiger partial charge in [0.25, 0.3) is 0 Å². The standard InChI is InChI=1S/C8H18N2/c1-10-6-7-3-2-4-8(9)5-7/h7-8,10H,2-6,9H2,1H3. The Bertz CT molecular complexity index is 91.3. The average molecular weight is 142 g/mol. The van der Waals surface area contributed by atoms with E-state index in [0.717, 1.165) is 12.5 Å². The SMILES string of the molecule is CNCC1CCCC(N)C1. The van der Waals surface area contributed by atoms with Gasteiger partial charge in [0.2, 0.25) is 0 Å². The van der Waals surface area contributed by atoms with Gasteiger partial charge in [0.05, 0.1) is 0 Å². The molecule has 1 saturated carbocycles. The smallest absolute Gasteiger partial charge is 0.00419 e. The third kappa shape index (κ3) is 2.27. The molecule has 3 N–H and O–H groups in total. The number of hydrogen-bond acceptors (Lipinski definition) is 2. The Morgan fingerprint density at radius 2 is 2.30 bits per heavy atom. The maximum Gasteiger partial charge on any atom is 0.00419 e. The molecule has 0 amide bonds. The summed E-state index contributed by atoms with van der Waals surface area (Å²) < 4.78 is 0. The Labute approximate surface area is 63.2 Å². The van der Waals surface area contributed by atoms with Crippen LogP contribution in [0.2, 0.25) is 0 Å². The Hall–Kier alpha value is -0.0800. The minimum Gasteiger partial charge on any atom is -0.328 e. The molecule has 0 aromatic heterocycles. The lowest BCUT2D eigenvalue weighted by atomic mass is 9.86. The van der Waals surface area contributed by atoms with E-state index in [1.807, 2.05) is 7.05 Å². The summed E-state index contributed by atoms with van der Waals surface area (Å²) in [6.45, 7) is 1.15. The quantitative estimate of drug-likeness (QED) is 0.596. The van der Waals surface area contributed by atoms with Crippen molar-refractivity contribution in [3.05, 3.63) is 0 Å². The van der Waals surface area contributed by atoms with Gasteiger partial charge in [-0.3, -0.25) is 0 Å². The number of rotatable bonds is 2. The molecule has 60 valence electrons. The van der Waals surface area contributed by atoms with Crippen LogP contribution in [-0.4, -0.2) is 19.6 Å². The molecule has 10 heavy (non-hydrogen) atoms. The van der Waals surface area contributed by atoms with Crippen molar-refractivity contribution in [2.45, 2.75) is 31.7 Å². The van der Waals surface area contributed by atoms with Gasteiger partial charge in [-0.1, -0.05) is 6.42 Å². The molecule has 2 atom stereocenters. The van der Waals surface area contributed by atoms with Crippen LogP contribution in [0.4, 0.5) is 0 Å². The molecular weight excluding hydrogens is 124 g/mol. The van der Waals surface area contributed by atoms with Crippen molar-refractivity contribution in [3.63, 3.8) is 0 Å². The van der Waals surface area contributed by atoms with E-state index in [2.05, 4.69) is 5.32 Å². The molecule has 2 unspecified atom stereocenters. The van der Waals surface area contributed by atoms with E-state index < -0.39 is 0 Å². The molecule has 0 saturated heterocycles. The summed E-state index contributed by atoms with van der Waals surface area (Å²) in [5.74, 6) is 0.841. The van der Waals surface area contributed by atoms with Crippen molar-refractivity contribution in [3.8, 4) is 0 Å². The first-order chi connectivity index (χ1) is 4.83. The Morgan fingerprint density at radius 1 is 1.50 bits per heavy atom. The highest BCUT2D eigenvalue weighted by Gasteiger charge is 2.17. The highest BCUT2D eigenvalue weighted by atomic mass is 14.8. The van der Waals surface area contributed by atoms with Crippen LogP contribution in [0.15, 0.2) is 0 Å². The first-order valence-electron chi connectivity index (χ1n) is 4.23. The van der Waals surface area contributed by atoms with Crippen LogP contribution in [0.5, 0.6) is 0 Å². The van der Waals surface area contributed by atoms with Gasteiger partial charge in [-0.2, -0.15) is 0 Å². The molecule has 0 radical (unpaired) electrons. The van der Waals surface area contributed by atoms with Crippen LogP contribution in [0.25, 0.3) is 0 Å². The van der Waals surface area contributed by atoms with E-state index in [4.69, 9.17) is 5.73 Å². The molecule has 1 fully saturated rings. The van der Waals surface area contributed by atoms with Crippen LogP contribution >= 0.6 is 0 Å². The molecule has 0 aliphatic heterocycles. The van der Waals surface area contributed by atoms with Crippen LogP contribution < -0.4 is 11.1 Å². The van der Waals surface area contributed by atoms with Crippen LogP contribution in [-0.2, 0) is 0 Å². The van der Waals surface area contributed by atoms with E-state index in [-0.39, 0.29) is 0 Å². The van der Waals surface area contributed by atoms with Gasteiger partial charge in [-0.05, 0) is 38.8 Å². The summed E-state index contributed by atoms with van der Waals surface area (Å²) >= 11 is 0. The second kappa shape index (κ2) is 3.94. The normalized spacial score (nSPS) is 34.2. The minimum atomic E-state index is 0.479. The van der Waals surface area contributed by atoms with Crippen LogP contribution in [0.3, 0.4) is 0 Å². The highest BCUT2D eigenvalue weighted by Crippen LogP contribution is 2.21. The van der Waals surface area contributed by atoms with Gasteiger partial charge in [0.1, 0.15) is 0 Å². The van der Waals surface area contributed by atoms with E-state index in [1.54, 1.807) is 0 Å². The minimum absolute atomic E-state index is 0.479. The number of hydrogen-bond donors (Lipinski definition) is 2. The van der Waals surface area contributed by atoms with Gasteiger partial charge in [-0.25, -0.2) is 0 Å². The topological polar surface area (TPSA) is 38.0 Å². The third-order valence-corrected chi connectivity index (χ3v) is 2.32. The molecule has 2 nitrogen and oxygen atoms in total. The van der Waals surface area contributed by atoms with Crippen molar-refractivity contribution >= 4 is 0 Å². The monoisotopic (exact) mass is 142 g/mol. The molecular formula is C8H18N2. The predicted octanol–water partition coefficient (Wildman–Crippen LogP) is 0.723. The lowest BCUT2D eigenvalue weighted by Crippen LogP contribution is -2.32. The molecule has 1 rings (SSSR count).